The molecule has 1 N–H and O–H groups in total. The van der Waals surface area contributed by atoms with Crippen LogP contribution in [0.4, 0.5) is 27.6 Å². The van der Waals surface area contributed by atoms with E-state index in [0.717, 1.165) is 42.5 Å². The number of benzene rings is 2. The third-order valence-electron chi connectivity index (χ3n) is 3.13. The molecule has 4 nitrogen and oxygen atoms in total. The van der Waals surface area contributed by atoms with Crippen molar-refractivity contribution in [1.29, 1.82) is 0 Å². The predicted molar refractivity (Wildman–Crippen MR) is 79.0 cm³/mol. The highest BCUT2D eigenvalue weighted by Gasteiger charge is 2.30. The molecule has 0 aliphatic heterocycles. The van der Waals surface area contributed by atoms with Gasteiger partial charge >= 0.3 is 11.9 Å². The lowest BCUT2D eigenvalue weighted by Gasteiger charge is -2.10. The zero-order valence-corrected chi connectivity index (χ0v) is 13.0. The number of carbonyl (C=O) groups is 1. The summed E-state index contributed by atoms with van der Waals surface area (Å²) >= 11 is 0. The molecule has 2 aromatic carbocycles. The molecule has 0 fully saturated rings. The van der Waals surface area contributed by atoms with Crippen LogP contribution >= 0.6 is 0 Å². The number of nitrogens with one attached hydrogen (secondary N) is 1. The predicted octanol–water partition coefficient (Wildman–Crippen LogP) is 3.95. The lowest BCUT2D eigenvalue weighted by molar-refractivity contribution is -0.137. The minimum Gasteiger partial charge on any atom is -0.322 e. The minimum absolute atomic E-state index is 0.106. The van der Waals surface area contributed by atoms with Crippen molar-refractivity contribution in [3.63, 3.8) is 0 Å². The first-order chi connectivity index (χ1) is 11.5. The standard InChI is InChI=1S/C15H10F5NO3S/c16-14(17)25(23,24)12-6-4-9(5-7-12)13(22)21-11-3-1-2-10(8-11)15(18,19)20/h1-8,14H,(H,21,22). The highest BCUT2D eigenvalue weighted by Crippen LogP contribution is 2.30. The summed E-state index contributed by atoms with van der Waals surface area (Å²) < 4.78 is 85.3. The van der Waals surface area contributed by atoms with E-state index in [2.05, 4.69) is 5.32 Å². The molecule has 2 rings (SSSR count). The summed E-state index contributed by atoms with van der Waals surface area (Å²) in [6.07, 6.45) is -4.58. The SMILES string of the molecule is O=C(Nc1cccc(C(F)(F)F)c1)c1ccc(S(=O)(=O)C(F)F)cc1. The summed E-state index contributed by atoms with van der Waals surface area (Å²) in [4.78, 5) is 11.3. The largest absolute Gasteiger partial charge is 0.416 e. The highest BCUT2D eigenvalue weighted by atomic mass is 32.2. The zero-order chi connectivity index (χ0) is 18.8. The number of anilines is 1. The van der Waals surface area contributed by atoms with E-state index in [1.807, 2.05) is 0 Å². The fraction of sp³-hybridized carbons (Fsp3) is 0.133. The van der Waals surface area contributed by atoms with Gasteiger partial charge in [-0.25, -0.2) is 8.42 Å². The summed E-state index contributed by atoms with van der Waals surface area (Å²) in [5, 5.41) is 2.22. The van der Waals surface area contributed by atoms with Gasteiger partial charge in [-0.05, 0) is 42.5 Å². The maximum atomic E-state index is 12.6. The molecule has 0 heterocycles. The number of alkyl halides is 5. The maximum absolute atomic E-state index is 12.6. The van der Waals surface area contributed by atoms with Crippen LogP contribution in [0.1, 0.15) is 15.9 Å². The van der Waals surface area contributed by atoms with Crippen molar-refractivity contribution in [1.82, 2.24) is 0 Å². The van der Waals surface area contributed by atoms with Crippen molar-refractivity contribution in [3.8, 4) is 0 Å². The van der Waals surface area contributed by atoms with E-state index in [4.69, 9.17) is 0 Å². The molecule has 134 valence electrons. The van der Waals surface area contributed by atoms with Gasteiger partial charge in [-0.1, -0.05) is 6.07 Å². The molecule has 0 bridgehead atoms. The number of amides is 1. The molecule has 0 aromatic heterocycles. The Balaban J connectivity index is 2.20. The van der Waals surface area contributed by atoms with Crippen molar-refractivity contribution in [2.75, 3.05) is 5.32 Å². The molecule has 0 atom stereocenters. The average molecular weight is 379 g/mol. The molecule has 0 spiro atoms. The van der Waals surface area contributed by atoms with Crippen molar-refractivity contribution < 1.29 is 35.2 Å². The van der Waals surface area contributed by atoms with Gasteiger partial charge in [0.2, 0.25) is 9.84 Å². The summed E-state index contributed by atoms with van der Waals surface area (Å²) in [5.41, 5.74) is -1.18. The van der Waals surface area contributed by atoms with E-state index in [1.165, 1.54) is 6.07 Å². The van der Waals surface area contributed by atoms with Crippen LogP contribution in [-0.2, 0) is 16.0 Å². The normalized spacial score (nSPS) is 12.2. The van der Waals surface area contributed by atoms with Gasteiger partial charge in [0.15, 0.2) is 0 Å². The smallest absolute Gasteiger partial charge is 0.322 e. The lowest BCUT2D eigenvalue weighted by Crippen LogP contribution is -2.14. The maximum Gasteiger partial charge on any atom is 0.416 e. The van der Waals surface area contributed by atoms with E-state index < -0.39 is 38.1 Å². The summed E-state index contributed by atoms with van der Waals surface area (Å²) in [7, 11) is -4.79. The Kier molecular flexibility index (Phi) is 5.12. The van der Waals surface area contributed by atoms with Gasteiger partial charge < -0.3 is 5.32 Å². The van der Waals surface area contributed by atoms with E-state index in [9.17, 15) is 35.2 Å². The number of sulfone groups is 1. The monoisotopic (exact) mass is 379 g/mol. The molecule has 10 heteroatoms. The van der Waals surface area contributed by atoms with Crippen molar-refractivity contribution >= 4 is 21.4 Å². The topological polar surface area (TPSA) is 63.2 Å². The Bertz CT molecular complexity index is 877. The second-order valence-electron chi connectivity index (χ2n) is 4.86. The molecule has 0 aliphatic carbocycles. The second-order valence-corrected chi connectivity index (χ2v) is 6.78. The van der Waals surface area contributed by atoms with Crippen LogP contribution in [0, 0.1) is 0 Å². The molecule has 0 radical (unpaired) electrons. The quantitative estimate of drug-likeness (QED) is 0.818. The van der Waals surface area contributed by atoms with Gasteiger partial charge in [0.1, 0.15) is 0 Å². The Labute approximate surface area is 139 Å². The molecule has 0 aliphatic rings. The molecule has 2 aromatic rings. The van der Waals surface area contributed by atoms with Crippen LogP contribution in [0.15, 0.2) is 53.4 Å². The first kappa shape index (κ1) is 18.8. The molecule has 0 saturated carbocycles. The van der Waals surface area contributed by atoms with Gasteiger partial charge in [-0.2, -0.15) is 22.0 Å². The molecule has 0 unspecified atom stereocenters. The molecule has 0 saturated heterocycles. The van der Waals surface area contributed by atoms with Crippen LogP contribution in [-0.4, -0.2) is 20.1 Å². The number of hydrogen-bond acceptors (Lipinski definition) is 3. The number of halogens is 5. The Morgan fingerprint density at radius 3 is 2.12 bits per heavy atom. The first-order valence-corrected chi connectivity index (χ1v) is 8.17. The van der Waals surface area contributed by atoms with Crippen LogP contribution < -0.4 is 5.32 Å². The van der Waals surface area contributed by atoms with E-state index in [1.54, 1.807) is 0 Å². The molecule has 1 amide bonds. The molecule has 25 heavy (non-hydrogen) atoms. The summed E-state index contributed by atoms with van der Waals surface area (Å²) in [6.45, 7) is 0. The van der Waals surface area contributed by atoms with E-state index in [0.29, 0.717) is 0 Å². The third-order valence-corrected chi connectivity index (χ3v) is 4.53. The Morgan fingerprint density at radius 1 is 1.00 bits per heavy atom. The number of carbonyl (C=O) groups excluding carboxylic acids is 1. The number of hydrogen-bond donors (Lipinski definition) is 1. The minimum atomic E-state index is -4.79. The van der Waals surface area contributed by atoms with Crippen LogP contribution in [0.2, 0.25) is 0 Å². The van der Waals surface area contributed by atoms with Crippen molar-refractivity contribution in [2.24, 2.45) is 0 Å². The van der Waals surface area contributed by atoms with Gasteiger partial charge in [0, 0.05) is 11.3 Å². The fourth-order valence-electron chi connectivity index (χ4n) is 1.88. The zero-order valence-electron chi connectivity index (χ0n) is 12.2. The first-order valence-electron chi connectivity index (χ1n) is 6.62. The van der Waals surface area contributed by atoms with Crippen LogP contribution in [0.3, 0.4) is 0 Å². The number of rotatable bonds is 4. The molecular weight excluding hydrogens is 369 g/mol. The van der Waals surface area contributed by atoms with Gasteiger partial charge in [-0.15, -0.1) is 0 Å². The van der Waals surface area contributed by atoms with Gasteiger partial charge in [-0.3, -0.25) is 4.79 Å². The van der Waals surface area contributed by atoms with Crippen LogP contribution in [0.25, 0.3) is 0 Å². The lowest BCUT2D eigenvalue weighted by atomic mass is 10.1. The fourth-order valence-corrected chi connectivity index (χ4v) is 2.60. The van der Waals surface area contributed by atoms with Crippen molar-refractivity contribution in [2.45, 2.75) is 16.8 Å². The average Bonchev–Trinajstić information content (AvgIpc) is 2.54. The summed E-state index contributed by atoms with van der Waals surface area (Å²) in [5.74, 6) is -4.42. The molecular formula is C15H10F5NO3S. The van der Waals surface area contributed by atoms with E-state index >= 15 is 0 Å². The van der Waals surface area contributed by atoms with Gasteiger partial charge in [0.05, 0.1) is 10.5 Å². The highest BCUT2D eigenvalue weighted by molar-refractivity contribution is 7.91. The van der Waals surface area contributed by atoms with Gasteiger partial charge in [0.25, 0.3) is 5.91 Å². The Hall–Kier alpha value is -2.49. The summed E-state index contributed by atoms with van der Waals surface area (Å²) in [6, 6.07) is 7.52. The second kappa shape index (κ2) is 6.79. The third kappa shape index (κ3) is 4.32. The van der Waals surface area contributed by atoms with E-state index in [-0.39, 0.29) is 11.3 Å². The van der Waals surface area contributed by atoms with Crippen molar-refractivity contribution in [3.05, 3.63) is 59.7 Å². The Morgan fingerprint density at radius 2 is 1.60 bits per heavy atom. The van der Waals surface area contributed by atoms with Crippen LogP contribution in [0.5, 0.6) is 0 Å².